The molecule has 1 fully saturated rings. The van der Waals surface area contributed by atoms with Crippen LogP contribution in [0, 0.1) is 17.8 Å². The molecule has 1 rings (SSSR count). The molecule has 1 aliphatic carbocycles. The van der Waals surface area contributed by atoms with E-state index in [4.69, 9.17) is 11.6 Å². The first-order valence-corrected chi connectivity index (χ1v) is 14.2. The molecule has 0 aromatic carbocycles. The topological polar surface area (TPSA) is 24.4 Å². The van der Waals surface area contributed by atoms with Gasteiger partial charge >= 0.3 is 0 Å². The average Bonchev–Trinajstić information content (AvgIpc) is 3.70. The number of nitrogens with zero attached hydrogens (tertiary/aromatic N) is 1. The molecule has 208 valence electrons. The van der Waals surface area contributed by atoms with Gasteiger partial charge in [0, 0.05) is 23.4 Å². The highest BCUT2D eigenvalue weighted by atomic mass is 35.5. The van der Waals surface area contributed by atoms with Crippen LogP contribution in [0.25, 0.3) is 0 Å². The van der Waals surface area contributed by atoms with Gasteiger partial charge in [-0.2, -0.15) is 0 Å². The maximum Gasteiger partial charge on any atom is 0.0408 e. The summed E-state index contributed by atoms with van der Waals surface area (Å²) in [4.78, 5) is 4.66. The van der Waals surface area contributed by atoms with Crippen molar-refractivity contribution < 1.29 is 0 Å². The van der Waals surface area contributed by atoms with Crippen molar-refractivity contribution in [2.45, 2.75) is 66.7 Å². The van der Waals surface area contributed by atoms with Gasteiger partial charge in [-0.05, 0) is 106 Å². The Labute approximate surface area is 239 Å². The smallest absolute Gasteiger partial charge is 0.0408 e. The van der Waals surface area contributed by atoms with Gasteiger partial charge in [0.2, 0.25) is 0 Å². The van der Waals surface area contributed by atoms with Crippen molar-refractivity contribution >= 4 is 17.3 Å². The van der Waals surface area contributed by atoms with Crippen LogP contribution in [-0.4, -0.2) is 25.8 Å². The second-order valence-corrected chi connectivity index (χ2v) is 11.4. The quantitative estimate of drug-likeness (QED) is 0.0804. The lowest BCUT2D eigenvalue weighted by Gasteiger charge is -2.22. The number of allylic oxidation sites excluding steroid dienone is 12. The third-order valence-electron chi connectivity index (χ3n) is 6.84. The molecule has 0 aromatic rings. The van der Waals surface area contributed by atoms with E-state index in [2.05, 4.69) is 83.9 Å². The molecule has 38 heavy (non-hydrogen) atoms. The van der Waals surface area contributed by atoms with Gasteiger partial charge in [0.25, 0.3) is 0 Å². The predicted molar refractivity (Wildman–Crippen MR) is 173 cm³/mol. The number of hydrogen-bond acceptors (Lipinski definition) is 2. The predicted octanol–water partition coefficient (Wildman–Crippen LogP) is 9.87. The Morgan fingerprint density at radius 1 is 1.08 bits per heavy atom. The number of nitrogens with one attached hydrogen (secondary N) is 1. The first-order valence-electron chi connectivity index (χ1n) is 13.9. The highest BCUT2D eigenvalue weighted by molar-refractivity contribution is 6.31. The molecule has 0 saturated heterocycles. The van der Waals surface area contributed by atoms with Crippen LogP contribution in [0.15, 0.2) is 112 Å². The number of hydrogen-bond donors (Lipinski definition) is 1. The first-order chi connectivity index (χ1) is 17.9. The van der Waals surface area contributed by atoms with Gasteiger partial charge in [-0.1, -0.05) is 100 Å². The molecule has 1 unspecified atom stereocenters. The molecule has 0 heterocycles. The average molecular weight is 535 g/mol. The Morgan fingerprint density at radius 2 is 1.74 bits per heavy atom. The molecule has 1 saturated carbocycles. The van der Waals surface area contributed by atoms with E-state index in [1.807, 2.05) is 19.2 Å². The Bertz CT molecular complexity index is 1040. The molecule has 0 aliphatic heterocycles. The van der Waals surface area contributed by atoms with Crippen molar-refractivity contribution in [3.63, 3.8) is 0 Å². The first kappa shape index (κ1) is 33.6. The minimum atomic E-state index is 0.0935. The second kappa shape index (κ2) is 17.2. The van der Waals surface area contributed by atoms with Crippen LogP contribution >= 0.6 is 11.6 Å². The lowest BCUT2D eigenvalue weighted by molar-refractivity contribution is 0.552. The molecule has 0 aromatic heterocycles. The zero-order valence-corrected chi connectivity index (χ0v) is 25.7. The lowest BCUT2D eigenvalue weighted by Crippen LogP contribution is -2.21. The van der Waals surface area contributed by atoms with E-state index >= 15 is 0 Å². The maximum atomic E-state index is 6.40. The Balaban J connectivity index is 3.58. The van der Waals surface area contributed by atoms with Crippen LogP contribution in [0.4, 0.5) is 0 Å². The summed E-state index contributed by atoms with van der Waals surface area (Å²) in [6, 6.07) is 0. The Morgan fingerprint density at radius 3 is 2.24 bits per heavy atom. The van der Waals surface area contributed by atoms with Crippen molar-refractivity contribution in [3.8, 4) is 0 Å². The van der Waals surface area contributed by atoms with Gasteiger partial charge in [-0.15, -0.1) is 0 Å². The fourth-order valence-electron chi connectivity index (χ4n) is 4.41. The summed E-state index contributed by atoms with van der Waals surface area (Å²) in [5.41, 5.74) is 9.19. The van der Waals surface area contributed by atoms with Crippen LogP contribution in [0.1, 0.15) is 66.7 Å². The Hall–Kier alpha value is -2.42. The molecular weight excluding hydrogens is 484 g/mol. The molecule has 0 spiro atoms. The lowest BCUT2D eigenvalue weighted by atomic mass is 9.83. The van der Waals surface area contributed by atoms with E-state index in [0.717, 1.165) is 49.2 Å². The zero-order valence-electron chi connectivity index (χ0n) is 24.9. The van der Waals surface area contributed by atoms with Crippen LogP contribution in [-0.2, 0) is 0 Å². The molecule has 0 amide bonds. The molecular formula is C35H51ClN2. The molecule has 1 aliphatic rings. The highest BCUT2D eigenvalue weighted by Crippen LogP contribution is 2.41. The number of rotatable bonds is 18. The Kier molecular flexibility index (Phi) is 15.2. The van der Waals surface area contributed by atoms with E-state index in [1.54, 1.807) is 12.2 Å². The molecule has 0 radical (unpaired) electrons. The summed E-state index contributed by atoms with van der Waals surface area (Å²) in [5.74, 6) is 1.34. The van der Waals surface area contributed by atoms with Gasteiger partial charge in [0.05, 0.1) is 0 Å². The third-order valence-corrected chi connectivity index (χ3v) is 7.07. The monoisotopic (exact) mass is 534 g/mol. The molecule has 1 N–H and O–H groups in total. The van der Waals surface area contributed by atoms with Gasteiger partial charge in [-0.3, -0.25) is 4.99 Å². The summed E-state index contributed by atoms with van der Waals surface area (Å²) in [5, 5.41) is 4.17. The molecule has 3 heteroatoms. The summed E-state index contributed by atoms with van der Waals surface area (Å²) in [6.45, 7) is 33.9. The highest BCUT2D eigenvalue weighted by Gasteiger charge is 2.27. The number of halogens is 1. The normalized spacial score (nSPS) is 16.7. The standard InChI is InChI=1S/C35H51ClN2/c1-12-14-33(36)22-30(13-2)27(8)20-32(21-28(9)31-15-16-31)35(29(10)37-11)34(25(5)6)19-26(7)17-18-38-23-24(3)4/h12-14,20,22,24,27,31,38H,1-2,5,7,9,15-19,21,23H2,3-4,6,8,10-11H3/b30-22+,32-20-,33-14+,35-34+,37-29?. The summed E-state index contributed by atoms with van der Waals surface area (Å²) < 4.78 is 0. The van der Waals surface area contributed by atoms with Crippen LogP contribution in [0.2, 0.25) is 0 Å². The molecule has 0 bridgehead atoms. The van der Waals surface area contributed by atoms with Gasteiger partial charge in [-0.25, -0.2) is 0 Å². The van der Waals surface area contributed by atoms with Crippen LogP contribution < -0.4 is 5.32 Å². The maximum absolute atomic E-state index is 6.40. The zero-order chi connectivity index (χ0) is 28.8. The van der Waals surface area contributed by atoms with E-state index in [-0.39, 0.29) is 5.92 Å². The van der Waals surface area contributed by atoms with Crippen molar-refractivity contribution in [3.05, 3.63) is 107 Å². The second-order valence-electron chi connectivity index (χ2n) is 10.9. The minimum Gasteiger partial charge on any atom is -0.316 e. The van der Waals surface area contributed by atoms with Crippen LogP contribution in [0.5, 0.6) is 0 Å². The minimum absolute atomic E-state index is 0.0935. The van der Waals surface area contributed by atoms with Gasteiger partial charge < -0.3 is 5.32 Å². The largest absolute Gasteiger partial charge is 0.316 e. The molecule has 2 nitrogen and oxygen atoms in total. The van der Waals surface area contributed by atoms with Crippen molar-refractivity contribution in [2.75, 3.05) is 20.1 Å². The van der Waals surface area contributed by atoms with Crippen LogP contribution in [0.3, 0.4) is 0 Å². The van der Waals surface area contributed by atoms with Crippen molar-refractivity contribution in [2.24, 2.45) is 22.7 Å². The van der Waals surface area contributed by atoms with E-state index in [1.165, 1.54) is 40.7 Å². The fraction of sp³-hybridized carbons (Fsp3) is 0.457. The SMILES string of the molecule is C=C/C=C(Cl)\C=C(/C=C)C(C)/C=C(CC(=C)C1CC1)\C(C(C)=NC)=C(/CC(=C)CCNCC(C)C)C(=C)C. The van der Waals surface area contributed by atoms with E-state index in [9.17, 15) is 0 Å². The van der Waals surface area contributed by atoms with Gasteiger partial charge in [0.1, 0.15) is 0 Å². The van der Waals surface area contributed by atoms with E-state index < -0.39 is 0 Å². The third kappa shape index (κ3) is 12.0. The fourth-order valence-corrected chi connectivity index (χ4v) is 4.62. The van der Waals surface area contributed by atoms with Gasteiger partial charge in [0.15, 0.2) is 0 Å². The van der Waals surface area contributed by atoms with E-state index in [0.29, 0.717) is 16.9 Å². The summed E-state index contributed by atoms with van der Waals surface area (Å²) in [6.07, 6.45) is 14.6. The number of aliphatic imine (C=N–C) groups is 1. The summed E-state index contributed by atoms with van der Waals surface area (Å²) >= 11 is 6.40. The van der Waals surface area contributed by atoms with Crippen molar-refractivity contribution in [1.29, 1.82) is 0 Å². The summed E-state index contributed by atoms with van der Waals surface area (Å²) in [7, 11) is 1.86. The molecule has 1 atom stereocenters. The van der Waals surface area contributed by atoms with Crippen molar-refractivity contribution in [1.82, 2.24) is 5.32 Å².